The number of ketones is 1. The SMILES string of the molecule is NC(=O)CCc1nnc(SCC(=O)c2ccc3ccccc3c2)n1Cc1ccco1. The molecule has 2 heterocycles. The number of aromatic nitrogens is 3. The van der Waals surface area contributed by atoms with E-state index in [1.807, 2.05) is 53.1 Å². The zero-order valence-corrected chi connectivity index (χ0v) is 17.0. The van der Waals surface area contributed by atoms with Gasteiger partial charge in [0.2, 0.25) is 5.91 Å². The van der Waals surface area contributed by atoms with E-state index in [4.69, 9.17) is 10.2 Å². The lowest BCUT2D eigenvalue weighted by Crippen LogP contribution is -2.14. The second-order valence-electron chi connectivity index (χ2n) is 6.80. The zero-order valence-electron chi connectivity index (χ0n) is 16.2. The summed E-state index contributed by atoms with van der Waals surface area (Å²) in [7, 11) is 0. The Hall–Kier alpha value is -3.39. The molecule has 1 amide bonds. The van der Waals surface area contributed by atoms with E-state index in [1.54, 1.807) is 12.3 Å². The largest absolute Gasteiger partial charge is 0.467 e. The molecule has 0 saturated heterocycles. The van der Waals surface area contributed by atoms with Crippen LogP contribution in [0.3, 0.4) is 0 Å². The quantitative estimate of drug-likeness (QED) is 0.328. The van der Waals surface area contributed by atoms with Crippen molar-refractivity contribution in [2.75, 3.05) is 5.75 Å². The lowest BCUT2D eigenvalue weighted by molar-refractivity contribution is -0.118. The number of carbonyl (C=O) groups excluding carboxylic acids is 2. The van der Waals surface area contributed by atoms with Crippen LogP contribution in [0.5, 0.6) is 0 Å². The second kappa shape index (κ2) is 8.96. The Labute approximate surface area is 177 Å². The smallest absolute Gasteiger partial charge is 0.217 e. The van der Waals surface area contributed by atoms with Crippen LogP contribution in [0.25, 0.3) is 10.8 Å². The molecule has 0 unspecified atom stereocenters. The highest BCUT2D eigenvalue weighted by Gasteiger charge is 2.17. The number of rotatable bonds is 9. The number of Topliss-reactive ketones (excluding diaryl/α,β-unsaturated/α-hetero) is 1. The van der Waals surface area contributed by atoms with Gasteiger partial charge in [-0.2, -0.15) is 0 Å². The number of benzene rings is 2. The van der Waals surface area contributed by atoms with Crippen LogP contribution in [-0.4, -0.2) is 32.2 Å². The highest BCUT2D eigenvalue weighted by atomic mass is 32.2. The molecule has 2 aromatic carbocycles. The summed E-state index contributed by atoms with van der Waals surface area (Å²) < 4.78 is 7.30. The first-order valence-electron chi connectivity index (χ1n) is 9.48. The molecule has 0 aliphatic carbocycles. The number of aryl methyl sites for hydroxylation is 1. The van der Waals surface area contributed by atoms with Gasteiger partial charge >= 0.3 is 0 Å². The summed E-state index contributed by atoms with van der Waals surface area (Å²) in [6, 6.07) is 17.3. The molecule has 0 spiro atoms. The van der Waals surface area contributed by atoms with Crippen molar-refractivity contribution in [2.24, 2.45) is 5.73 Å². The second-order valence-corrected chi connectivity index (χ2v) is 7.75. The van der Waals surface area contributed by atoms with Gasteiger partial charge in [-0.15, -0.1) is 10.2 Å². The van der Waals surface area contributed by atoms with Crippen molar-refractivity contribution < 1.29 is 14.0 Å². The maximum absolute atomic E-state index is 12.8. The normalized spacial score (nSPS) is 11.1. The molecule has 4 aromatic rings. The summed E-state index contributed by atoms with van der Waals surface area (Å²) in [5, 5.41) is 11.1. The Balaban J connectivity index is 1.51. The minimum atomic E-state index is -0.400. The number of primary amides is 1. The molecule has 2 N–H and O–H groups in total. The van der Waals surface area contributed by atoms with E-state index in [2.05, 4.69) is 10.2 Å². The Morgan fingerprint density at radius 2 is 1.87 bits per heavy atom. The Kier molecular flexibility index (Phi) is 5.94. The van der Waals surface area contributed by atoms with Crippen LogP contribution in [0.2, 0.25) is 0 Å². The number of nitrogens with two attached hydrogens (primary N) is 1. The molecule has 2 aromatic heterocycles. The van der Waals surface area contributed by atoms with Gasteiger partial charge in [-0.25, -0.2) is 0 Å². The fourth-order valence-electron chi connectivity index (χ4n) is 3.14. The highest BCUT2D eigenvalue weighted by molar-refractivity contribution is 7.99. The first-order chi connectivity index (χ1) is 14.6. The summed E-state index contributed by atoms with van der Waals surface area (Å²) in [6.07, 6.45) is 2.15. The van der Waals surface area contributed by atoms with Crippen LogP contribution in [0, 0.1) is 0 Å². The standard InChI is InChI=1S/C22H20N4O3S/c23-20(28)9-10-21-24-25-22(26(21)13-18-6-3-11-29-18)30-14-19(27)17-8-7-15-4-1-2-5-16(15)12-17/h1-8,11-12H,9-10,13-14H2,(H2,23,28). The topological polar surface area (TPSA) is 104 Å². The summed E-state index contributed by atoms with van der Waals surface area (Å²) in [5.74, 6) is 1.20. The van der Waals surface area contributed by atoms with Crippen molar-refractivity contribution >= 4 is 34.2 Å². The van der Waals surface area contributed by atoms with E-state index in [-0.39, 0.29) is 18.0 Å². The van der Waals surface area contributed by atoms with Gasteiger partial charge in [0.15, 0.2) is 10.9 Å². The predicted molar refractivity (Wildman–Crippen MR) is 114 cm³/mol. The lowest BCUT2D eigenvalue weighted by atomic mass is 10.1. The third-order valence-electron chi connectivity index (χ3n) is 4.69. The maximum atomic E-state index is 12.8. The summed E-state index contributed by atoms with van der Waals surface area (Å²) >= 11 is 1.31. The molecule has 0 atom stereocenters. The van der Waals surface area contributed by atoms with Gasteiger partial charge in [0.25, 0.3) is 0 Å². The third kappa shape index (κ3) is 4.60. The fraction of sp³-hybridized carbons (Fsp3) is 0.182. The predicted octanol–water partition coefficient (Wildman–Crippen LogP) is 3.47. The maximum Gasteiger partial charge on any atom is 0.217 e. The summed E-state index contributed by atoms with van der Waals surface area (Å²) in [4.78, 5) is 23.9. The van der Waals surface area contributed by atoms with Gasteiger partial charge in [0.05, 0.1) is 18.6 Å². The van der Waals surface area contributed by atoms with E-state index in [0.717, 1.165) is 16.5 Å². The Morgan fingerprint density at radius 1 is 1.03 bits per heavy atom. The average molecular weight is 420 g/mol. The number of fused-ring (bicyclic) bond motifs is 1. The van der Waals surface area contributed by atoms with Crippen LogP contribution in [0.15, 0.2) is 70.4 Å². The minimum absolute atomic E-state index is 0.0111. The number of thioether (sulfide) groups is 1. The van der Waals surface area contributed by atoms with E-state index >= 15 is 0 Å². The number of nitrogens with zero attached hydrogens (tertiary/aromatic N) is 3. The molecule has 0 radical (unpaired) electrons. The van der Waals surface area contributed by atoms with E-state index in [9.17, 15) is 9.59 Å². The van der Waals surface area contributed by atoms with Crippen LogP contribution >= 0.6 is 11.8 Å². The Bertz CT molecular complexity index is 1180. The molecule has 152 valence electrons. The average Bonchev–Trinajstić information content (AvgIpc) is 3.40. The van der Waals surface area contributed by atoms with Crippen molar-refractivity contribution in [1.82, 2.24) is 14.8 Å². The van der Waals surface area contributed by atoms with Crippen LogP contribution in [0.4, 0.5) is 0 Å². The van der Waals surface area contributed by atoms with E-state index in [0.29, 0.717) is 29.5 Å². The first-order valence-corrected chi connectivity index (χ1v) is 10.5. The fourth-order valence-corrected chi connectivity index (χ4v) is 3.99. The highest BCUT2D eigenvalue weighted by Crippen LogP contribution is 2.22. The number of furan rings is 1. The zero-order chi connectivity index (χ0) is 20.9. The van der Waals surface area contributed by atoms with Gasteiger partial charge in [-0.3, -0.25) is 14.2 Å². The van der Waals surface area contributed by atoms with Crippen LogP contribution < -0.4 is 5.73 Å². The van der Waals surface area contributed by atoms with Crippen LogP contribution in [-0.2, 0) is 17.8 Å². The van der Waals surface area contributed by atoms with Crippen LogP contribution in [0.1, 0.15) is 28.4 Å². The van der Waals surface area contributed by atoms with E-state index < -0.39 is 5.91 Å². The summed E-state index contributed by atoms with van der Waals surface area (Å²) in [5.41, 5.74) is 5.93. The minimum Gasteiger partial charge on any atom is -0.467 e. The third-order valence-corrected chi connectivity index (χ3v) is 5.65. The molecule has 0 saturated carbocycles. The number of amides is 1. The first kappa shape index (κ1) is 19.9. The van der Waals surface area contributed by atoms with Crippen molar-refractivity contribution in [3.05, 3.63) is 78.0 Å². The molecule has 0 fully saturated rings. The van der Waals surface area contributed by atoms with Gasteiger partial charge in [0, 0.05) is 18.4 Å². The van der Waals surface area contributed by atoms with Crippen molar-refractivity contribution in [3.8, 4) is 0 Å². The van der Waals surface area contributed by atoms with Gasteiger partial charge < -0.3 is 10.2 Å². The summed E-state index contributed by atoms with van der Waals surface area (Å²) in [6.45, 7) is 0.417. The molecular weight excluding hydrogens is 400 g/mol. The molecule has 30 heavy (non-hydrogen) atoms. The van der Waals surface area contributed by atoms with Gasteiger partial charge in [-0.05, 0) is 29.0 Å². The molecule has 0 bridgehead atoms. The Morgan fingerprint density at radius 3 is 2.63 bits per heavy atom. The molecular formula is C22H20N4O3S. The molecule has 8 heteroatoms. The number of carbonyl (C=O) groups is 2. The van der Waals surface area contributed by atoms with Crippen molar-refractivity contribution in [3.63, 3.8) is 0 Å². The monoisotopic (exact) mass is 420 g/mol. The van der Waals surface area contributed by atoms with Crippen molar-refractivity contribution in [2.45, 2.75) is 24.5 Å². The molecule has 7 nitrogen and oxygen atoms in total. The molecule has 0 aliphatic heterocycles. The number of hydrogen-bond acceptors (Lipinski definition) is 6. The van der Waals surface area contributed by atoms with Crippen molar-refractivity contribution in [1.29, 1.82) is 0 Å². The number of hydrogen-bond donors (Lipinski definition) is 1. The lowest BCUT2D eigenvalue weighted by Gasteiger charge is -2.08. The van der Waals surface area contributed by atoms with E-state index in [1.165, 1.54) is 11.8 Å². The molecule has 4 rings (SSSR count). The molecule has 0 aliphatic rings. The van der Waals surface area contributed by atoms with Gasteiger partial charge in [-0.1, -0.05) is 48.2 Å². The van der Waals surface area contributed by atoms with Gasteiger partial charge in [0.1, 0.15) is 11.6 Å².